The van der Waals surface area contributed by atoms with Crippen LogP contribution in [0.25, 0.3) is 0 Å². The maximum Gasteiger partial charge on any atom is 0.225 e. The zero-order valence-electron chi connectivity index (χ0n) is 15.2. The van der Waals surface area contributed by atoms with Gasteiger partial charge >= 0.3 is 0 Å². The van der Waals surface area contributed by atoms with Crippen LogP contribution < -0.4 is 5.32 Å². The number of hydrogen-bond acceptors (Lipinski definition) is 3. The van der Waals surface area contributed by atoms with Gasteiger partial charge in [-0.3, -0.25) is 9.79 Å². The molecule has 6 nitrogen and oxygen atoms in total. The average molecular weight is 336 g/mol. The lowest BCUT2D eigenvalue weighted by molar-refractivity contribution is -0.140. The molecule has 3 aliphatic rings. The summed E-state index contributed by atoms with van der Waals surface area (Å²) in [6.07, 6.45) is 5.71. The van der Waals surface area contributed by atoms with E-state index in [1.54, 1.807) is 0 Å². The number of guanidine groups is 1. The molecule has 1 aliphatic carbocycles. The summed E-state index contributed by atoms with van der Waals surface area (Å²) >= 11 is 0. The van der Waals surface area contributed by atoms with Gasteiger partial charge in [-0.15, -0.1) is 0 Å². The fourth-order valence-corrected chi connectivity index (χ4v) is 3.96. The molecule has 136 valence electrons. The highest BCUT2D eigenvalue weighted by atomic mass is 16.5. The van der Waals surface area contributed by atoms with E-state index in [0.29, 0.717) is 25.2 Å². The number of piperidine rings is 1. The SMILES string of the molecule is CCCC1CC1NC(=NC)N1CCC(C(=O)N2CCOCC2)CC1. The molecule has 0 aromatic heterocycles. The van der Waals surface area contributed by atoms with Crippen molar-refractivity contribution in [2.45, 2.75) is 45.1 Å². The van der Waals surface area contributed by atoms with Gasteiger partial charge in [0.05, 0.1) is 13.2 Å². The minimum absolute atomic E-state index is 0.172. The first-order chi connectivity index (χ1) is 11.7. The van der Waals surface area contributed by atoms with Crippen LogP contribution in [0.1, 0.15) is 39.0 Å². The van der Waals surface area contributed by atoms with Gasteiger partial charge < -0.3 is 19.9 Å². The van der Waals surface area contributed by atoms with Crippen molar-refractivity contribution in [1.29, 1.82) is 0 Å². The quantitative estimate of drug-likeness (QED) is 0.621. The lowest BCUT2D eigenvalue weighted by atomic mass is 9.95. The third-order valence-corrected chi connectivity index (χ3v) is 5.57. The minimum atomic E-state index is 0.172. The molecule has 0 aromatic rings. The number of aliphatic imine (C=N–C) groups is 1. The fourth-order valence-electron chi connectivity index (χ4n) is 3.96. The Labute approximate surface area is 145 Å². The summed E-state index contributed by atoms with van der Waals surface area (Å²) < 4.78 is 5.34. The van der Waals surface area contributed by atoms with Crippen molar-refractivity contribution in [3.8, 4) is 0 Å². The smallest absolute Gasteiger partial charge is 0.225 e. The molecule has 0 aromatic carbocycles. The molecule has 2 aliphatic heterocycles. The van der Waals surface area contributed by atoms with Gasteiger partial charge in [0.15, 0.2) is 5.96 Å². The van der Waals surface area contributed by atoms with E-state index in [-0.39, 0.29) is 5.92 Å². The number of rotatable bonds is 4. The molecule has 3 fully saturated rings. The summed E-state index contributed by atoms with van der Waals surface area (Å²) in [5.41, 5.74) is 0. The molecule has 24 heavy (non-hydrogen) atoms. The summed E-state index contributed by atoms with van der Waals surface area (Å²) in [5, 5.41) is 3.62. The van der Waals surface area contributed by atoms with Gasteiger partial charge in [-0.1, -0.05) is 13.3 Å². The molecule has 6 heteroatoms. The maximum atomic E-state index is 12.6. The van der Waals surface area contributed by atoms with Crippen molar-refractivity contribution in [2.75, 3.05) is 46.4 Å². The average Bonchev–Trinajstić information content (AvgIpc) is 3.38. The summed E-state index contributed by atoms with van der Waals surface area (Å²) in [4.78, 5) is 21.4. The summed E-state index contributed by atoms with van der Waals surface area (Å²) in [7, 11) is 1.87. The van der Waals surface area contributed by atoms with Crippen LogP contribution in [-0.2, 0) is 9.53 Å². The molecule has 1 N–H and O–H groups in total. The summed E-state index contributed by atoms with van der Waals surface area (Å²) in [6.45, 7) is 6.96. The number of morpholine rings is 1. The van der Waals surface area contributed by atoms with Gasteiger partial charge in [0.2, 0.25) is 5.91 Å². The first kappa shape index (κ1) is 17.5. The fraction of sp³-hybridized carbons (Fsp3) is 0.889. The van der Waals surface area contributed by atoms with E-state index in [9.17, 15) is 4.79 Å². The van der Waals surface area contributed by atoms with E-state index >= 15 is 0 Å². The Morgan fingerprint density at radius 2 is 1.88 bits per heavy atom. The number of hydrogen-bond donors (Lipinski definition) is 1. The summed E-state index contributed by atoms with van der Waals surface area (Å²) in [5.74, 6) is 2.35. The van der Waals surface area contributed by atoms with Crippen LogP contribution in [0.15, 0.2) is 4.99 Å². The number of carbonyl (C=O) groups is 1. The highest BCUT2D eigenvalue weighted by molar-refractivity contribution is 5.82. The van der Waals surface area contributed by atoms with Crippen LogP contribution in [0.3, 0.4) is 0 Å². The minimum Gasteiger partial charge on any atom is -0.378 e. The standard InChI is InChI=1S/C18H32N4O2/c1-3-4-15-13-16(15)20-18(19-2)22-7-5-14(6-8-22)17(23)21-9-11-24-12-10-21/h14-16H,3-13H2,1-2H3,(H,19,20). The molecule has 2 saturated heterocycles. The monoisotopic (exact) mass is 336 g/mol. The molecule has 2 heterocycles. The van der Waals surface area contributed by atoms with Crippen LogP contribution in [0.5, 0.6) is 0 Å². The van der Waals surface area contributed by atoms with Gasteiger partial charge in [0.1, 0.15) is 0 Å². The lowest BCUT2D eigenvalue weighted by Gasteiger charge is -2.36. The van der Waals surface area contributed by atoms with E-state index in [1.165, 1.54) is 19.3 Å². The number of carbonyl (C=O) groups excluding carboxylic acids is 1. The van der Waals surface area contributed by atoms with Crippen molar-refractivity contribution in [3.05, 3.63) is 0 Å². The Morgan fingerprint density at radius 1 is 1.17 bits per heavy atom. The Bertz CT molecular complexity index is 454. The van der Waals surface area contributed by atoms with Crippen LogP contribution in [0, 0.1) is 11.8 Å². The van der Waals surface area contributed by atoms with E-state index < -0.39 is 0 Å². The highest BCUT2D eigenvalue weighted by Gasteiger charge is 2.38. The Hall–Kier alpha value is -1.30. The van der Waals surface area contributed by atoms with Gasteiger partial charge in [-0.25, -0.2) is 0 Å². The summed E-state index contributed by atoms with van der Waals surface area (Å²) in [6, 6.07) is 0.608. The molecule has 2 atom stereocenters. The normalized spacial score (nSPS) is 28.8. The number of nitrogens with one attached hydrogen (secondary N) is 1. The van der Waals surface area contributed by atoms with E-state index in [1.807, 2.05) is 11.9 Å². The van der Waals surface area contributed by atoms with E-state index in [4.69, 9.17) is 4.74 Å². The van der Waals surface area contributed by atoms with Crippen LogP contribution in [-0.4, -0.2) is 74.1 Å². The van der Waals surface area contributed by atoms with Crippen LogP contribution in [0.4, 0.5) is 0 Å². The Kier molecular flexibility index (Phi) is 5.98. The highest BCUT2D eigenvalue weighted by Crippen LogP contribution is 2.34. The molecule has 0 radical (unpaired) electrons. The Balaban J connectivity index is 1.44. The van der Waals surface area contributed by atoms with Gasteiger partial charge in [0.25, 0.3) is 0 Å². The molecule has 0 bridgehead atoms. The zero-order chi connectivity index (χ0) is 16.9. The lowest BCUT2D eigenvalue weighted by Crippen LogP contribution is -2.50. The van der Waals surface area contributed by atoms with Crippen molar-refractivity contribution in [1.82, 2.24) is 15.1 Å². The molecule has 2 unspecified atom stereocenters. The second-order valence-electron chi connectivity index (χ2n) is 7.28. The Morgan fingerprint density at radius 3 is 2.50 bits per heavy atom. The van der Waals surface area contributed by atoms with Crippen LogP contribution in [0.2, 0.25) is 0 Å². The predicted molar refractivity (Wildman–Crippen MR) is 95.0 cm³/mol. The number of nitrogens with zero attached hydrogens (tertiary/aromatic N) is 3. The van der Waals surface area contributed by atoms with Crippen molar-refractivity contribution < 1.29 is 9.53 Å². The predicted octanol–water partition coefficient (Wildman–Crippen LogP) is 1.32. The van der Waals surface area contributed by atoms with E-state index in [2.05, 4.69) is 22.1 Å². The van der Waals surface area contributed by atoms with E-state index in [0.717, 1.165) is 50.9 Å². The molecular formula is C18H32N4O2. The topological polar surface area (TPSA) is 57.2 Å². The molecule has 3 rings (SSSR count). The molecule has 1 amide bonds. The number of likely N-dealkylation sites (tertiary alicyclic amines) is 1. The van der Waals surface area contributed by atoms with Gasteiger partial charge in [-0.2, -0.15) is 0 Å². The molecule has 1 saturated carbocycles. The van der Waals surface area contributed by atoms with Crippen molar-refractivity contribution >= 4 is 11.9 Å². The number of amides is 1. The second-order valence-corrected chi connectivity index (χ2v) is 7.28. The third kappa shape index (κ3) is 4.21. The zero-order valence-corrected chi connectivity index (χ0v) is 15.2. The number of ether oxygens (including phenoxy) is 1. The third-order valence-electron chi connectivity index (χ3n) is 5.57. The molecular weight excluding hydrogens is 304 g/mol. The first-order valence-corrected chi connectivity index (χ1v) is 9.57. The van der Waals surface area contributed by atoms with Crippen molar-refractivity contribution in [2.24, 2.45) is 16.8 Å². The van der Waals surface area contributed by atoms with Gasteiger partial charge in [0, 0.05) is 45.2 Å². The molecule has 0 spiro atoms. The van der Waals surface area contributed by atoms with Crippen LogP contribution >= 0.6 is 0 Å². The maximum absolute atomic E-state index is 12.6. The van der Waals surface area contributed by atoms with Crippen molar-refractivity contribution in [3.63, 3.8) is 0 Å². The first-order valence-electron chi connectivity index (χ1n) is 9.57. The second kappa shape index (κ2) is 8.19. The van der Waals surface area contributed by atoms with Gasteiger partial charge in [-0.05, 0) is 31.6 Å². The largest absolute Gasteiger partial charge is 0.378 e.